The molecule has 1 amide bonds. The van der Waals surface area contributed by atoms with Gasteiger partial charge in [-0.2, -0.15) is 9.78 Å². The third kappa shape index (κ3) is 3.63. The summed E-state index contributed by atoms with van der Waals surface area (Å²) in [6, 6.07) is 26.9. The van der Waals surface area contributed by atoms with Crippen LogP contribution in [-0.2, 0) is 6.42 Å². The van der Waals surface area contributed by atoms with Gasteiger partial charge in [-0.1, -0.05) is 66.7 Å². The number of para-hydroxylation sites is 1. The highest BCUT2D eigenvalue weighted by atomic mass is 16.2. The Labute approximate surface area is 180 Å². The Morgan fingerprint density at radius 3 is 2.26 bits per heavy atom. The normalized spacial score (nSPS) is 16.0. The number of carbonyl (C=O) groups excluding carboxylic acids is 1. The first-order valence-corrected chi connectivity index (χ1v) is 10.6. The van der Waals surface area contributed by atoms with Crippen molar-refractivity contribution in [1.82, 2.24) is 14.7 Å². The molecule has 0 unspecified atom stereocenters. The van der Waals surface area contributed by atoms with Crippen LogP contribution in [0.1, 0.15) is 28.9 Å². The lowest BCUT2D eigenvalue weighted by atomic mass is 10.0. The van der Waals surface area contributed by atoms with Crippen LogP contribution in [-0.4, -0.2) is 33.2 Å². The fourth-order valence-electron chi connectivity index (χ4n) is 4.43. The summed E-state index contributed by atoms with van der Waals surface area (Å²) in [5.41, 5.74) is 1.98. The topological polar surface area (TPSA) is 55.2 Å². The monoisotopic (exact) mass is 409 g/mol. The Morgan fingerprint density at radius 2 is 1.52 bits per heavy atom. The number of aromatic nitrogens is 2. The highest BCUT2D eigenvalue weighted by Gasteiger charge is 2.32. The summed E-state index contributed by atoms with van der Waals surface area (Å²) < 4.78 is 1.35. The SMILES string of the molecule is O=C(c1nn(-c2ccccc2)c(=O)c2ccccc12)N1CCC[C@H]1Cc1ccccc1. The van der Waals surface area contributed by atoms with Gasteiger partial charge in [0.05, 0.1) is 11.1 Å². The molecule has 4 aromatic rings. The minimum atomic E-state index is -0.222. The standard InChI is InChI=1S/C26H23N3O2/c30-25-23-16-8-7-15-22(23)24(27-29(25)20-12-5-2-6-13-20)26(31)28-17-9-14-21(28)18-19-10-3-1-4-11-19/h1-8,10-13,15-16,21H,9,14,17-18H2/t21-/m0/s1. The number of rotatable bonds is 4. The van der Waals surface area contributed by atoms with E-state index >= 15 is 0 Å². The van der Waals surface area contributed by atoms with Crippen molar-refractivity contribution in [1.29, 1.82) is 0 Å². The summed E-state index contributed by atoms with van der Waals surface area (Å²) in [7, 11) is 0. The maximum absolute atomic E-state index is 13.7. The lowest BCUT2D eigenvalue weighted by molar-refractivity contribution is 0.0731. The summed E-state index contributed by atoms with van der Waals surface area (Å²) in [6.45, 7) is 0.705. The molecule has 0 aliphatic carbocycles. The molecule has 1 fully saturated rings. The Hall–Kier alpha value is -3.73. The first kappa shape index (κ1) is 19.2. The van der Waals surface area contributed by atoms with Crippen LogP contribution in [0.25, 0.3) is 16.5 Å². The highest BCUT2D eigenvalue weighted by molar-refractivity contribution is 6.05. The van der Waals surface area contributed by atoms with E-state index in [1.54, 1.807) is 6.07 Å². The third-order valence-electron chi connectivity index (χ3n) is 5.96. The van der Waals surface area contributed by atoms with E-state index in [-0.39, 0.29) is 17.5 Å². The zero-order valence-electron chi connectivity index (χ0n) is 17.1. The smallest absolute Gasteiger partial charge is 0.279 e. The van der Waals surface area contributed by atoms with Gasteiger partial charge in [-0.25, -0.2) is 0 Å². The van der Waals surface area contributed by atoms with Crippen molar-refractivity contribution < 1.29 is 4.79 Å². The molecule has 0 bridgehead atoms. The second kappa shape index (κ2) is 8.19. The lowest BCUT2D eigenvalue weighted by Crippen LogP contribution is -2.38. The number of benzene rings is 3. The van der Waals surface area contributed by atoms with Crippen molar-refractivity contribution >= 4 is 16.7 Å². The predicted octanol–water partition coefficient (Wildman–Crippen LogP) is 4.23. The van der Waals surface area contributed by atoms with Gasteiger partial charge < -0.3 is 4.90 Å². The minimum Gasteiger partial charge on any atom is -0.334 e. The van der Waals surface area contributed by atoms with Crippen molar-refractivity contribution in [2.75, 3.05) is 6.54 Å². The number of hydrogen-bond donors (Lipinski definition) is 0. The van der Waals surface area contributed by atoms with E-state index in [2.05, 4.69) is 17.2 Å². The zero-order valence-corrected chi connectivity index (χ0v) is 17.1. The molecule has 0 spiro atoms. The fourth-order valence-corrected chi connectivity index (χ4v) is 4.43. The van der Waals surface area contributed by atoms with Gasteiger partial charge >= 0.3 is 0 Å². The van der Waals surface area contributed by atoms with E-state index in [9.17, 15) is 9.59 Å². The molecule has 154 valence electrons. The number of amides is 1. The van der Waals surface area contributed by atoms with Gasteiger partial charge in [-0.15, -0.1) is 0 Å². The molecule has 1 saturated heterocycles. The van der Waals surface area contributed by atoms with Crippen LogP contribution in [0.15, 0.2) is 89.7 Å². The molecule has 0 saturated carbocycles. The molecule has 1 atom stereocenters. The molecular formula is C26H23N3O2. The van der Waals surface area contributed by atoms with Crippen LogP contribution in [0.4, 0.5) is 0 Å². The van der Waals surface area contributed by atoms with E-state index < -0.39 is 0 Å². The molecule has 5 nitrogen and oxygen atoms in total. The lowest BCUT2D eigenvalue weighted by Gasteiger charge is -2.25. The van der Waals surface area contributed by atoms with Crippen molar-refractivity contribution in [3.05, 3.63) is 107 Å². The molecule has 31 heavy (non-hydrogen) atoms. The number of nitrogens with zero attached hydrogens (tertiary/aromatic N) is 3. The van der Waals surface area contributed by atoms with Crippen LogP contribution in [0.2, 0.25) is 0 Å². The van der Waals surface area contributed by atoms with Gasteiger partial charge in [0.15, 0.2) is 5.69 Å². The molecule has 0 radical (unpaired) electrons. The van der Waals surface area contributed by atoms with Crippen LogP contribution in [0, 0.1) is 0 Å². The Morgan fingerprint density at radius 1 is 0.871 bits per heavy atom. The summed E-state index contributed by atoms with van der Waals surface area (Å²) >= 11 is 0. The van der Waals surface area contributed by atoms with Crippen molar-refractivity contribution in [3.63, 3.8) is 0 Å². The second-order valence-electron chi connectivity index (χ2n) is 7.93. The Bertz CT molecular complexity index is 1280. The van der Waals surface area contributed by atoms with Gasteiger partial charge in [-0.3, -0.25) is 9.59 Å². The molecule has 1 aliphatic rings. The van der Waals surface area contributed by atoms with Crippen LogP contribution in [0.3, 0.4) is 0 Å². The molecule has 3 aromatic carbocycles. The largest absolute Gasteiger partial charge is 0.334 e. The Kier molecular flexibility index (Phi) is 5.08. The number of likely N-dealkylation sites (tertiary alicyclic amines) is 1. The minimum absolute atomic E-state index is 0.112. The quantitative estimate of drug-likeness (QED) is 0.507. The maximum Gasteiger partial charge on any atom is 0.279 e. The molecule has 0 N–H and O–H groups in total. The molecule has 1 aliphatic heterocycles. The van der Waals surface area contributed by atoms with Gasteiger partial charge in [0.1, 0.15) is 0 Å². The summed E-state index contributed by atoms with van der Waals surface area (Å²) in [6.07, 6.45) is 2.76. The molecule has 5 heteroatoms. The molecule has 5 rings (SSSR count). The third-order valence-corrected chi connectivity index (χ3v) is 5.96. The van der Waals surface area contributed by atoms with Gasteiger partial charge in [0, 0.05) is 18.0 Å². The fraction of sp³-hybridized carbons (Fsp3) is 0.192. The first-order chi connectivity index (χ1) is 15.2. The van der Waals surface area contributed by atoms with Crippen LogP contribution >= 0.6 is 0 Å². The maximum atomic E-state index is 13.7. The predicted molar refractivity (Wildman–Crippen MR) is 122 cm³/mol. The van der Waals surface area contributed by atoms with Crippen LogP contribution < -0.4 is 5.56 Å². The van der Waals surface area contributed by atoms with E-state index in [4.69, 9.17) is 0 Å². The summed E-state index contributed by atoms with van der Waals surface area (Å²) in [5.74, 6) is -0.112. The van der Waals surface area contributed by atoms with E-state index in [0.29, 0.717) is 28.7 Å². The summed E-state index contributed by atoms with van der Waals surface area (Å²) in [5, 5.41) is 5.68. The average Bonchev–Trinajstić information content (AvgIpc) is 3.28. The second-order valence-corrected chi connectivity index (χ2v) is 7.93. The number of hydrogen-bond acceptors (Lipinski definition) is 3. The van der Waals surface area contributed by atoms with E-state index in [0.717, 1.165) is 19.3 Å². The van der Waals surface area contributed by atoms with Crippen molar-refractivity contribution in [2.45, 2.75) is 25.3 Å². The highest BCUT2D eigenvalue weighted by Crippen LogP contribution is 2.25. The summed E-state index contributed by atoms with van der Waals surface area (Å²) in [4.78, 5) is 28.7. The molecule has 1 aromatic heterocycles. The molecular weight excluding hydrogens is 386 g/mol. The van der Waals surface area contributed by atoms with Gasteiger partial charge in [0.25, 0.3) is 11.5 Å². The zero-order chi connectivity index (χ0) is 21.2. The Balaban J connectivity index is 1.58. The van der Waals surface area contributed by atoms with Crippen molar-refractivity contribution in [3.8, 4) is 5.69 Å². The molecule has 2 heterocycles. The van der Waals surface area contributed by atoms with E-state index in [1.807, 2.05) is 71.6 Å². The van der Waals surface area contributed by atoms with E-state index in [1.165, 1.54) is 10.2 Å². The number of fused-ring (bicyclic) bond motifs is 1. The first-order valence-electron chi connectivity index (χ1n) is 10.6. The average molecular weight is 409 g/mol. The van der Waals surface area contributed by atoms with Crippen molar-refractivity contribution in [2.24, 2.45) is 0 Å². The van der Waals surface area contributed by atoms with Gasteiger partial charge in [0.2, 0.25) is 0 Å². The number of carbonyl (C=O) groups is 1. The van der Waals surface area contributed by atoms with Crippen LogP contribution in [0.5, 0.6) is 0 Å². The van der Waals surface area contributed by atoms with Gasteiger partial charge in [-0.05, 0) is 43.0 Å².